The van der Waals surface area contributed by atoms with Crippen molar-refractivity contribution in [3.63, 3.8) is 0 Å². The molecule has 2 heteroatoms. The second-order valence-electron chi connectivity index (χ2n) is 5.81. The highest BCUT2D eigenvalue weighted by molar-refractivity contribution is 6.92. The first-order valence-corrected chi connectivity index (χ1v) is 9.01. The maximum atomic E-state index is 14.0. The van der Waals surface area contributed by atoms with E-state index in [9.17, 15) is 4.39 Å². The van der Waals surface area contributed by atoms with Crippen LogP contribution in [0.25, 0.3) is 0 Å². The van der Waals surface area contributed by atoms with Crippen molar-refractivity contribution < 1.29 is 4.39 Å². The average Bonchev–Trinajstić information content (AvgIpc) is 2.19. The molecule has 0 saturated heterocycles. The van der Waals surface area contributed by atoms with E-state index >= 15 is 0 Å². The lowest BCUT2D eigenvalue weighted by Gasteiger charge is -2.58. The van der Waals surface area contributed by atoms with Crippen LogP contribution in [-0.4, -0.2) is 8.07 Å². The van der Waals surface area contributed by atoms with Crippen molar-refractivity contribution in [3.05, 3.63) is 41.7 Å². The summed E-state index contributed by atoms with van der Waals surface area (Å²) in [6, 6.07) is 5.60. The molecule has 3 aliphatic rings. The Kier molecular flexibility index (Phi) is 1.84. The Balaban J connectivity index is 2.32. The molecule has 3 atom stereocenters. The van der Waals surface area contributed by atoms with E-state index in [1.54, 1.807) is 6.07 Å². The van der Waals surface area contributed by atoms with Crippen molar-refractivity contribution >= 4 is 13.3 Å². The molecule has 1 saturated carbocycles. The summed E-state index contributed by atoms with van der Waals surface area (Å²) in [6.45, 7) is 11.2. The van der Waals surface area contributed by atoms with E-state index in [4.69, 9.17) is 0 Å². The van der Waals surface area contributed by atoms with Gasteiger partial charge in [0.15, 0.2) is 0 Å². The van der Waals surface area contributed by atoms with Crippen LogP contribution in [0.4, 0.5) is 4.39 Å². The van der Waals surface area contributed by atoms with E-state index in [0.29, 0.717) is 17.4 Å². The van der Waals surface area contributed by atoms with Gasteiger partial charge < -0.3 is 0 Å². The molecule has 2 bridgehead atoms. The summed E-state index contributed by atoms with van der Waals surface area (Å²) in [5.74, 6) is 0.870. The van der Waals surface area contributed by atoms with Crippen LogP contribution in [0, 0.1) is 11.7 Å². The van der Waals surface area contributed by atoms with Gasteiger partial charge in [-0.15, -0.1) is 0 Å². The molecule has 1 aromatic carbocycles. The third-order valence-corrected chi connectivity index (χ3v) is 8.96. The van der Waals surface area contributed by atoms with Crippen molar-refractivity contribution in [2.24, 2.45) is 5.92 Å². The Morgan fingerprint density at radius 1 is 1.31 bits per heavy atom. The predicted octanol–water partition coefficient (Wildman–Crippen LogP) is 3.41. The van der Waals surface area contributed by atoms with Crippen molar-refractivity contribution in [1.29, 1.82) is 0 Å². The van der Waals surface area contributed by atoms with Gasteiger partial charge in [0.2, 0.25) is 0 Å². The zero-order chi connectivity index (χ0) is 11.7. The highest BCUT2D eigenvalue weighted by Gasteiger charge is 2.57. The minimum absolute atomic E-state index is 0.0192. The number of hydrogen-bond donors (Lipinski definition) is 0. The molecule has 0 aromatic heterocycles. The molecule has 1 aliphatic carbocycles. The van der Waals surface area contributed by atoms with E-state index in [0.717, 1.165) is 5.56 Å². The monoisotopic (exact) mass is 232 g/mol. The largest absolute Gasteiger partial charge is 0.207 e. The van der Waals surface area contributed by atoms with Gasteiger partial charge in [-0.05, 0) is 23.1 Å². The first kappa shape index (κ1) is 10.3. The summed E-state index contributed by atoms with van der Waals surface area (Å²) < 4.78 is 14.0. The van der Waals surface area contributed by atoms with Gasteiger partial charge >= 0.3 is 0 Å². The van der Waals surface area contributed by atoms with Gasteiger partial charge in [0.25, 0.3) is 0 Å². The molecule has 16 heavy (non-hydrogen) atoms. The average molecular weight is 232 g/mol. The number of halogens is 1. The zero-order valence-electron chi connectivity index (χ0n) is 10.0. The summed E-state index contributed by atoms with van der Waals surface area (Å²) in [5.41, 5.74) is 2.92. The topological polar surface area (TPSA) is 0 Å². The molecule has 4 rings (SSSR count). The fourth-order valence-electron chi connectivity index (χ4n) is 4.09. The summed E-state index contributed by atoms with van der Waals surface area (Å²) in [5, 5.41) is 1.33. The van der Waals surface area contributed by atoms with Crippen LogP contribution in [0.5, 0.6) is 0 Å². The first-order valence-electron chi connectivity index (χ1n) is 5.94. The van der Waals surface area contributed by atoms with Crippen molar-refractivity contribution in [3.8, 4) is 0 Å². The fourth-order valence-corrected chi connectivity index (χ4v) is 8.54. The van der Waals surface area contributed by atoms with E-state index in [2.05, 4.69) is 32.7 Å². The fraction of sp³-hybridized carbons (Fsp3) is 0.429. The van der Waals surface area contributed by atoms with E-state index in [-0.39, 0.29) is 5.82 Å². The molecule has 0 nitrogen and oxygen atoms in total. The quantitative estimate of drug-likeness (QED) is 0.475. The molecule has 84 valence electrons. The van der Waals surface area contributed by atoms with E-state index in [1.807, 2.05) is 6.07 Å². The van der Waals surface area contributed by atoms with Crippen molar-refractivity contribution in [2.45, 2.75) is 31.5 Å². The molecule has 3 unspecified atom stereocenters. The van der Waals surface area contributed by atoms with Gasteiger partial charge in [-0.3, -0.25) is 0 Å². The summed E-state index contributed by atoms with van der Waals surface area (Å²) >= 11 is 0. The van der Waals surface area contributed by atoms with Crippen LogP contribution in [0.15, 0.2) is 30.4 Å². The van der Waals surface area contributed by atoms with Crippen molar-refractivity contribution in [2.75, 3.05) is 0 Å². The molecule has 1 aromatic rings. The highest BCUT2D eigenvalue weighted by atomic mass is 28.3. The minimum Gasteiger partial charge on any atom is -0.207 e. The Morgan fingerprint density at radius 2 is 2.00 bits per heavy atom. The lowest BCUT2D eigenvalue weighted by Crippen LogP contribution is -2.62. The second-order valence-corrected chi connectivity index (χ2v) is 10.4. The summed E-state index contributed by atoms with van der Waals surface area (Å²) in [4.78, 5) is 0. The van der Waals surface area contributed by atoms with Gasteiger partial charge in [0.1, 0.15) is 5.82 Å². The minimum atomic E-state index is -1.55. The normalized spacial score (nSPS) is 34.2. The molecule has 0 N–H and O–H groups in total. The lowest BCUT2D eigenvalue weighted by atomic mass is 9.66. The molecule has 0 radical (unpaired) electrons. The predicted molar refractivity (Wildman–Crippen MR) is 68.3 cm³/mol. The lowest BCUT2D eigenvalue weighted by molar-refractivity contribution is 0.364. The second kappa shape index (κ2) is 2.86. The first-order chi connectivity index (χ1) is 7.46. The van der Waals surface area contributed by atoms with Crippen LogP contribution in [-0.2, 0) is 0 Å². The van der Waals surface area contributed by atoms with E-state index < -0.39 is 8.07 Å². The third-order valence-electron chi connectivity index (χ3n) is 4.69. The van der Waals surface area contributed by atoms with E-state index in [1.165, 1.54) is 10.8 Å². The SMILES string of the molecule is C=C1C2c3c(F)cccc3[Si](C)(C)C1C2C. The van der Waals surface area contributed by atoms with Crippen LogP contribution < -0.4 is 5.19 Å². The summed E-state index contributed by atoms with van der Waals surface area (Å²) in [6.07, 6.45) is 0. The van der Waals surface area contributed by atoms with Crippen LogP contribution in [0.2, 0.25) is 18.6 Å². The van der Waals surface area contributed by atoms with Gasteiger partial charge in [0, 0.05) is 5.92 Å². The number of allylic oxidation sites excluding steroid dienone is 1. The molecular formula is C14H17FSi. The smallest absolute Gasteiger partial charge is 0.126 e. The number of hydrogen-bond acceptors (Lipinski definition) is 0. The molecule has 0 spiro atoms. The Labute approximate surface area is 97.2 Å². The molecule has 2 aliphatic heterocycles. The zero-order valence-corrected chi connectivity index (χ0v) is 11.0. The Hall–Kier alpha value is -0.893. The Morgan fingerprint density at radius 3 is 2.62 bits per heavy atom. The maximum absolute atomic E-state index is 14.0. The molecule has 2 heterocycles. The van der Waals surface area contributed by atoms with Crippen LogP contribution in [0.3, 0.4) is 0 Å². The van der Waals surface area contributed by atoms with Crippen molar-refractivity contribution in [1.82, 2.24) is 0 Å². The number of rotatable bonds is 0. The third kappa shape index (κ3) is 0.944. The van der Waals surface area contributed by atoms with Gasteiger partial charge in [0.05, 0.1) is 8.07 Å². The highest BCUT2D eigenvalue weighted by Crippen LogP contribution is 2.62. The van der Waals surface area contributed by atoms with Gasteiger partial charge in [-0.1, -0.05) is 49.5 Å². The van der Waals surface area contributed by atoms with Gasteiger partial charge in [-0.25, -0.2) is 4.39 Å². The maximum Gasteiger partial charge on any atom is 0.126 e. The summed E-state index contributed by atoms with van der Waals surface area (Å²) in [7, 11) is -1.55. The Bertz CT molecular complexity index is 490. The number of benzene rings is 1. The standard InChI is InChI=1S/C14H17FSi/c1-8-12-9(2)14(8)16(3,4)11-7-5-6-10(15)13(11)12/h5-7,9,12,14H,1H2,2-4H3. The van der Waals surface area contributed by atoms with Crippen LogP contribution in [0.1, 0.15) is 18.4 Å². The molecule has 1 fully saturated rings. The molecule has 0 amide bonds. The molecular weight excluding hydrogens is 215 g/mol. The van der Waals surface area contributed by atoms with Crippen LogP contribution >= 0.6 is 0 Å². The van der Waals surface area contributed by atoms with Gasteiger partial charge in [-0.2, -0.15) is 0 Å².